The van der Waals surface area contributed by atoms with Gasteiger partial charge in [-0.1, -0.05) is 182 Å². The summed E-state index contributed by atoms with van der Waals surface area (Å²) in [4.78, 5) is 15.0. The number of hydrogen-bond acceptors (Lipinski definition) is 4. The van der Waals surface area contributed by atoms with E-state index >= 15 is 0 Å². The predicted octanol–water partition coefficient (Wildman–Crippen LogP) is 14.1. The average molecular weight is 728 g/mol. The summed E-state index contributed by atoms with van der Waals surface area (Å²) in [7, 11) is 0. The van der Waals surface area contributed by atoms with E-state index in [0.717, 1.165) is 60.7 Å². The SMILES string of the molecule is c1ccc(-c2nc(-c3ccc(-c4ccc5ccccc5c4)cc3)nc(-c3ccc(-c4cc5oc6cccc(-c7ccccc7)c6c5c5ccccc45)cc3)n2)cc1. The van der Waals surface area contributed by atoms with E-state index in [1.165, 1.54) is 32.8 Å². The van der Waals surface area contributed by atoms with Crippen molar-refractivity contribution in [2.24, 2.45) is 0 Å². The fraction of sp³-hybridized carbons (Fsp3) is 0. The fourth-order valence-corrected chi connectivity index (χ4v) is 8.11. The third-order valence-electron chi connectivity index (χ3n) is 10.9. The first-order valence-electron chi connectivity index (χ1n) is 19.2. The molecule has 0 unspecified atom stereocenters. The second-order valence-corrected chi connectivity index (χ2v) is 14.4. The van der Waals surface area contributed by atoms with Crippen molar-refractivity contribution in [2.45, 2.75) is 0 Å². The van der Waals surface area contributed by atoms with Crippen molar-refractivity contribution < 1.29 is 4.42 Å². The van der Waals surface area contributed by atoms with E-state index in [1.807, 2.05) is 30.3 Å². The first kappa shape index (κ1) is 32.7. The summed E-state index contributed by atoms with van der Waals surface area (Å²) in [6.45, 7) is 0. The van der Waals surface area contributed by atoms with Gasteiger partial charge in [0, 0.05) is 27.5 Å². The van der Waals surface area contributed by atoms with Gasteiger partial charge in [-0.05, 0) is 73.1 Å². The van der Waals surface area contributed by atoms with E-state index in [9.17, 15) is 0 Å². The molecule has 0 aliphatic carbocycles. The second-order valence-electron chi connectivity index (χ2n) is 14.4. The van der Waals surface area contributed by atoms with Gasteiger partial charge in [0.1, 0.15) is 11.2 Å². The number of hydrogen-bond donors (Lipinski definition) is 0. The minimum Gasteiger partial charge on any atom is -0.456 e. The highest BCUT2D eigenvalue weighted by atomic mass is 16.3. The normalized spacial score (nSPS) is 11.5. The zero-order chi connectivity index (χ0) is 37.7. The zero-order valence-electron chi connectivity index (χ0n) is 30.8. The number of nitrogens with zero attached hydrogens (tertiary/aromatic N) is 3. The molecular weight excluding hydrogens is 695 g/mol. The molecule has 0 bridgehead atoms. The number of furan rings is 1. The van der Waals surface area contributed by atoms with Gasteiger partial charge in [-0.2, -0.15) is 0 Å². The lowest BCUT2D eigenvalue weighted by Crippen LogP contribution is -2.00. The Kier molecular flexibility index (Phi) is 7.78. The van der Waals surface area contributed by atoms with Crippen LogP contribution in [0.1, 0.15) is 0 Å². The average Bonchev–Trinajstić information content (AvgIpc) is 3.68. The predicted molar refractivity (Wildman–Crippen MR) is 235 cm³/mol. The van der Waals surface area contributed by atoms with Gasteiger partial charge >= 0.3 is 0 Å². The minimum atomic E-state index is 0.620. The Hall–Kier alpha value is -7.69. The first-order valence-corrected chi connectivity index (χ1v) is 19.2. The van der Waals surface area contributed by atoms with Crippen LogP contribution in [0.4, 0.5) is 0 Å². The van der Waals surface area contributed by atoms with E-state index in [1.54, 1.807) is 0 Å². The molecule has 0 atom stereocenters. The van der Waals surface area contributed by atoms with Crippen LogP contribution in [-0.2, 0) is 0 Å². The topological polar surface area (TPSA) is 51.8 Å². The molecule has 4 nitrogen and oxygen atoms in total. The minimum absolute atomic E-state index is 0.620. The summed E-state index contributed by atoms with van der Waals surface area (Å²) >= 11 is 0. The molecule has 2 heterocycles. The Labute approximate surface area is 329 Å². The molecule has 0 N–H and O–H groups in total. The van der Waals surface area contributed by atoms with E-state index in [0.29, 0.717) is 17.5 Å². The van der Waals surface area contributed by atoms with Gasteiger partial charge in [0.15, 0.2) is 17.5 Å². The first-order chi connectivity index (χ1) is 28.2. The van der Waals surface area contributed by atoms with E-state index in [-0.39, 0.29) is 0 Å². The summed E-state index contributed by atoms with van der Waals surface area (Å²) in [5.41, 5.74) is 11.4. The maximum absolute atomic E-state index is 6.61. The Balaban J connectivity index is 0.992. The van der Waals surface area contributed by atoms with Crippen LogP contribution in [-0.4, -0.2) is 15.0 Å². The lowest BCUT2D eigenvalue weighted by molar-refractivity contribution is 0.669. The quantitative estimate of drug-likeness (QED) is 0.171. The van der Waals surface area contributed by atoms with Gasteiger partial charge < -0.3 is 4.42 Å². The summed E-state index contributed by atoms with van der Waals surface area (Å²) in [6.07, 6.45) is 0. The van der Waals surface area contributed by atoms with Gasteiger partial charge in [0.25, 0.3) is 0 Å². The van der Waals surface area contributed by atoms with Crippen LogP contribution < -0.4 is 0 Å². The van der Waals surface area contributed by atoms with E-state index in [2.05, 4.69) is 170 Å². The fourth-order valence-electron chi connectivity index (χ4n) is 8.11. The second kappa shape index (κ2) is 13.6. The molecule has 0 radical (unpaired) electrons. The highest BCUT2D eigenvalue weighted by molar-refractivity contribution is 6.25. The number of fused-ring (bicyclic) bond motifs is 6. The van der Waals surface area contributed by atoms with Crippen molar-refractivity contribution in [1.82, 2.24) is 15.0 Å². The van der Waals surface area contributed by atoms with Crippen molar-refractivity contribution in [1.29, 1.82) is 0 Å². The highest BCUT2D eigenvalue weighted by Gasteiger charge is 2.19. The van der Waals surface area contributed by atoms with Gasteiger partial charge in [-0.3, -0.25) is 0 Å². The third kappa shape index (κ3) is 5.83. The summed E-state index contributed by atoms with van der Waals surface area (Å²) < 4.78 is 6.61. The molecule has 0 amide bonds. The van der Waals surface area contributed by atoms with Crippen LogP contribution in [0, 0.1) is 0 Å². The monoisotopic (exact) mass is 727 g/mol. The summed E-state index contributed by atoms with van der Waals surface area (Å²) in [5, 5.41) is 7.06. The van der Waals surface area contributed by atoms with Crippen molar-refractivity contribution >= 4 is 43.5 Å². The molecule has 9 aromatic carbocycles. The molecular formula is C53H33N3O. The number of rotatable bonds is 6. The highest BCUT2D eigenvalue weighted by Crippen LogP contribution is 2.43. The van der Waals surface area contributed by atoms with Crippen molar-refractivity contribution in [3.63, 3.8) is 0 Å². The Morgan fingerprint density at radius 1 is 0.281 bits per heavy atom. The smallest absolute Gasteiger partial charge is 0.164 e. The summed E-state index contributed by atoms with van der Waals surface area (Å²) in [6, 6.07) is 69.9. The molecule has 0 aliphatic rings. The van der Waals surface area contributed by atoms with Gasteiger partial charge in [-0.15, -0.1) is 0 Å². The molecule has 0 saturated carbocycles. The zero-order valence-corrected chi connectivity index (χ0v) is 30.8. The maximum atomic E-state index is 6.61. The molecule has 0 spiro atoms. The lowest BCUT2D eigenvalue weighted by Gasteiger charge is -2.11. The molecule has 0 saturated heterocycles. The number of benzene rings is 9. The van der Waals surface area contributed by atoms with Gasteiger partial charge in [0.2, 0.25) is 0 Å². The van der Waals surface area contributed by atoms with Gasteiger partial charge in [-0.25, -0.2) is 15.0 Å². The van der Waals surface area contributed by atoms with Gasteiger partial charge in [0.05, 0.1) is 0 Å². The Bertz CT molecular complexity index is 3260. The van der Waals surface area contributed by atoms with Crippen LogP contribution in [0.25, 0.3) is 111 Å². The van der Waals surface area contributed by atoms with E-state index < -0.39 is 0 Å². The molecule has 0 aliphatic heterocycles. The lowest BCUT2D eigenvalue weighted by atomic mass is 9.92. The molecule has 11 aromatic rings. The standard InChI is InChI=1S/C53H33N3O/c1-3-13-36(14-4-1)43-20-11-21-47-49(43)50-45-19-10-9-18-44(45)46(33-48(50)57-47)37-25-29-40(30-26-37)53-55-51(38-15-5-2-6-16-38)54-52(56-53)39-27-22-35(23-28-39)42-31-24-34-12-7-8-17-41(34)32-42/h1-33H. The van der Waals surface area contributed by atoms with Crippen LogP contribution in [0.15, 0.2) is 205 Å². The molecule has 266 valence electrons. The van der Waals surface area contributed by atoms with Crippen LogP contribution in [0.3, 0.4) is 0 Å². The van der Waals surface area contributed by atoms with Crippen molar-refractivity contribution in [3.05, 3.63) is 200 Å². The summed E-state index contributed by atoms with van der Waals surface area (Å²) in [5.74, 6) is 1.88. The molecule has 11 rings (SSSR count). The Morgan fingerprint density at radius 2 is 0.789 bits per heavy atom. The molecule has 0 fully saturated rings. The van der Waals surface area contributed by atoms with Crippen LogP contribution >= 0.6 is 0 Å². The maximum Gasteiger partial charge on any atom is 0.164 e. The number of aromatic nitrogens is 3. The van der Waals surface area contributed by atoms with Crippen LogP contribution in [0.2, 0.25) is 0 Å². The molecule has 57 heavy (non-hydrogen) atoms. The Morgan fingerprint density at radius 3 is 1.47 bits per heavy atom. The molecule has 4 heteroatoms. The van der Waals surface area contributed by atoms with Crippen molar-refractivity contribution in [2.75, 3.05) is 0 Å². The van der Waals surface area contributed by atoms with Crippen LogP contribution in [0.5, 0.6) is 0 Å². The van der Waals surface area contributed by atoms with E-state index in [4.69, 9.17) is 19.4 Å². The third-order valence-corrected chi connectivity index (χ3v) is 10.9. The van der Waals surface area contributed by atoms with Crippen molar-refractivity contribution in [3.8, 4) is 67.5 Å². The largest absolute Gasteiger partial charge is 0.456 e. The molecule has 2 aromatic heterocycles.